The normalized spacial score (nSPS) is 15.7. The van der Waals surface area contributed by atoms with Crippen LogP contribution in [0.2, 0.25) is 5.02 Å². The van der Waals surface area contributed by atoms with Crippen LogP contribution < -0.4 is 4.74 Å². The van der Waals surface area contributed by atoms with E-state index in [4.69, 9.17) is 16.3 Å². The molecule has 0 saturated carbocycles. The maximum absolute atomic E-state index is 12.8. The van der Waals surface area contributed by atoms with Crippen LogP contribution in [0.3, 0.4) is 0 Å². The summed E-state index contributed by atoms with van der Waals surface area (Å²) in [5.41, 5.74) is 1.78. The second-order valence-corrected chi connectivity index (χ2v) is 10.0. The summed E-state index contributed by atoms with van der Waals surface area (Å²) in [4.78, 5) is 2.57. The van der Waals surface area contributed by atoms with Gasteiger partial charge in [0.1, 0.15) is 11.4 Å². The predicted octanol–water partition coefficient (Wildman–Crippen LogP) is 3.00. The van der Waals surface area contributed by atoms with Gasteiger partial charge >= 0.3 is 0 Å². The first-order valence-corrected chi connectivity index (χ1v) is 12.3. The minimum absolute atomic E-state index is 0.286. The van der Waals surface area contributed by atoms with Gasteiger partial charge in [-0.05, 0) is 42.8 Å². The quantitative estimate of drug-likeness (QED) is 0.498. The largest absolute Gasteiger partial charge is 0.497 e. The van der Waals surface area contributed by atoms with Crippen LogP contribution in [-0.4, -0.2) is 72.5 Å². The molecular formula is C22H26ClN5O3S. The van der Waals surface area contributed by atoms with Crippen LogP contribution in [0.25, 0.3) is 11.3 Å². The van der Waals surface area contributed by atoms with Gasteiger partial charge in [0.15, 0.2) is 0 Å². The maximum atomic E-state index is 12.8. The first kappa shape index (κ1) is 22.7. The van der Waals surface area contributed by atoms with Crippen LogP contribution in [-0.2, 0) is 16.6 Å². The molecule has 170 valence electrons. The van der Waals surface area contributed by atoms with Gasteiger partial charge in [-0.1, -0.05) is 28.9 Å². The number of methoxy groups -OCH3 is 1. The van der Waals surface area contributed by atoms with Crippen LogP contribution >= 0.6 is 11.6 Å². The molecular weight excluding hydrogens is 450 g/mol. The van der Waals surface area contributed by atoms with Crippen molar-refractivity contribution in [2.45, 2.75) is 17.9 Å². The van der Waals surface area contributed by atoms with Gasteiger partial charge in [0.25, 0.3) is 0 Å². The van der Waals surface area contributed by atoms with Crippen molar-refractivity contribution < 1.29 is 13.2 Å². The van der Waals surface area contributed by atoms with Crippen LogP contribution in [0, 0.1) is 0 Å². The molecule has 0 unspecified atom stereocenters. The standard InChI is InChI=1S/C22H26ClN5O3S/c1-31-20-5-2-4-18(16-20)22-17-27(25-24-22)11-3-10-26-12-14-28(15-13-26)32(29,30)21-8-6-19(23)7-9-21/h2,4-9,16-17H,3,10-15H2,1H3. The Hall–Kier alpha value is -2.46. The molecule has 2 aromatic carbocycles. The minimum atomic E-state index is -3.48. The molecule has 1 aliphatic rings. The molecule has 1 aromatic heterocycles. The van der Waals surface area contributed by atoms with E-state index in [1.54, 1.807) is 35.7 Å². The lowest BCUT2D eigenvalue weighted by molar-refractivity contribution is 0.183. The van der Waals surface area contributed by atoms with Crippen molar-refractivity contribution in [1.82, 2.24) is 24.2 Å². The third-order valence-corrected chi connectivity index (χ3v) is 7.71. The van der Waals surface area contributed by atoms with Crippen molar-refractivity contribution in [2.24, 2.45) is 0 Å². The summed E-state index contributed by atoms with van der Waals surface area (Å²) in [6.45, 7) is 4.00. The van der Waals surface area contributed by atoms with E-state index in [0.29, 0.717) is 31.2 Å². The van der Waals surface area contributed by atoms with Crippen molar-refractivity contribution >= 4 is 21.6 Å². The van der Waals surface area contributed by atoms with Gasteiger partial charge in [0.05, 0.1) is 18.2 Å². The topological polar surface area (TPSA) is 80.6 Å². The number of hydrogen-bond acceptors (Lipinski definition) is 6. The Morgan fingerprint density at radius 2 is 1.78 bits per heavy atom. The highest BCUT2D eigenvalue weighted by Gasteiger charge is 2.28. The van der Waals surface area contributed by atoms with E-state index in [2.05, 4.69) is 15.2 Å². The van der Waals surface area contributed by atoms with Gasteiger partial charge < -0.3 is 9.64 Å². The molecule has 0 N–H and O–H groups in total. The van der Waals surface area contributed by atoms with Crippen LogP contribution in [0.5, 0.6) is 5.75 Å². The van der Waals surface area contributed by atoms with Gasteiger partial charge in [-0.2, -0.15) is 4.31 Å². The van der Waals surface area contributed by atoms with Gasteiger partial charge in [-0.15, -0.1) is 5.10 Å². The number of halogens is 1. The predicted molar refractivity (Wildman–Crippen MR) is 123 cm³/mol. The summed E-state index contributed by atoms with van der Waals surface area (Å²) < 4.78 is 34.3. The number of nitrogens with zero attached hydrogens (tertiary/aromatic N) is 5. The van der Waals surface area contributed by atoms with Crippen molar-refractivity contribution in [2.75, 3.05) is 39.8 Å². The molecule has 0 radical (unpaired) electrons. The molecule has 0 aliphatic carbocycles. The molecule has 10 heteroatoms. The summed E-state index contributed by atoms with van der Waals surface area (Å²) >= 11 is 5.87. The van der Waals surface area contributed by atoms with Gasteiger partial charge in [0, 0.05) is 49.9 Å². The number of piperazine rings is 1. The van der Waals surface area contributed by atoms with Gasteiger partial charge in [-0.25, -0.2) is 8.42 Å². The molecule has 0 spiro atoms. The summed E-state index contributed by atoms with van der Waals surface area (Å²) in [7, 11) is -1.84. The van der Waals surface area contributed by atoms with Crippen molar-refractivity contribution in [3.05, 3.63) is 59.8 Å². The average molecular weight is 476 g/mol. The second kappa shape index (κ2) is 9.99. The zero-order chi connectivity index (χ0) is 22.6. The van der Waals surface area contributed by atoms with E-state index < -0.39 is 10.0 Å². The highest BCUT2D eigenvalue weighted by atomic mass is 35.5. The smallest absolute Gasteiger partial charge is 0.243 e. The minimum Gasteiger partial charge on any atom is -0.497 e. The monoisotopic (exact) mass is 475 g/mol. The fraction of sp³-hybridized carbons (Fsp3) is 0.364. The number of benzene rings is 2. The van der Waals surface area contributed by atoms with Crippen LogP contribution in [0.15, 0.2) is 59.6 Å². The molecule has 8 nitrogen and oxygen atoms in total. The van der Waals surface area contributed by atoms with E-state index in [9.17, 15) is 8.42 Å². The Balaban J connectivity index is 1.25. The molecule has 4 rings (SSSR count). The molecule has 1 fully saturated rings. The Morgan fingerprint density at radius 1 is 1.03 bits per heavy atom. The zero-order valence-electron chi connectivity index (χ0n) is 17.9. The molecule has 1 aliphatic heterocycles. The number of aromatic nitrogens is 3. The second-order valence-electron chi connectivity index (χ2n) is 7.65. The summed E-state index contributed by atoms with van der Waals surface area (Å²) in [5, 5.41) is 9.01. The molecule has 0 bridgehead atoms. The van der Waals surface area contributed by atoms with E-state index in [-0.39, 0.29) is 4.90 Å². The van der Waals surface area contributed by atoms with E-state index in [0.717, 1.165) is 36.5 Å². The molecule has 0 amide bonds. The Kier molecular flexibility index (Phi) is 7.10. The van der Waals surface area contributed by atoms with Crippen LogP contribution in [0.1, 0.15) is 6.42 Å². The zero-order valence-corrected chi connectivity index (χ0v) is 19.5. The number of hydrogen-bond donors (Lipinski definition) is 0. The molecule has 3 aromatic rings. The van der Waals surface area contributed by atoms with Crippen molar-refractivity contribution in [1.29, 1.82) is 0 Å². The fourth-order valence-corrected chi connectivity index (χ4v) is 5.28. The van der Waals surface area contributed by atoms with Crippen molar-refractivity contribution in [3.63, 3.8) is 0 Å². The number of rotatable bonds is 8. The Labute approximate surface area is 193 Å². The van der Waals surface area contributed by atoms with Gasteiger partial charge in [-0.3, -0.25) is 4.68 Å². The summed E-state index contributed by atoms with van der Waals surface area (Å²) in [5.74, 6) is 0.786. The number of sulfonamides is 1. The molecule has 0 atom stereocenters. The Morgan fingerprint density at radius 3 is 2.50 bits per heavy atom. The van der Waals surface area contributed by atoms with Gasteiger partial charge in [0.2, 0.25) is 10.0 Å². The number of ether oxygens (including phenoxy) is 1. The highest BCUT2D eigenvalue weighted by molar-refractivity contribution is 7.89. The van der Waals surface area contributed by atoms with Crippen LogP contribution in [0.4, 0.5) is 0 Å². The maximum Gasteiger partial charge on any atom is 0.243 e. The third-order valence-electron chi connectivity index (χ3n) is 5.55. The number of aryl methyl sites for hydroxylation is 1. The average Bonchev–Trinajstić information content (AvgIpc) is 3.29. The lowest BCUT2D eigenvalue weighted by Gasteiger charge is -2.33. The molecule has 32 heavy (non-hydrogen) atoms. The SMILES string of the molecule is COc1cccc(-c2cn(CCCN3CCN(S(=O)(=O)c4ccc(Cl)cc4)CC3)nn2)c1. The van der Waals surface area contributed by atoms with E-state index in [1.807, 2.05) is 35.1 Å². The summed E-state index contributed by atoms with van der Waals surface area (Å²) in [6, 6.07) is 14.1. The molecule has 1 saturated heterocycles. The first-order chi connectivity index (χ1) is 15.5. The molecule has 2 heterocycles. The highest BCUT2D eigenvalue weighted by Crippen LogP contribution is 2.22. The lowest BCUT2D eigenvalue weighted by Crippen LogP contribution is -2.48. The Bertz CT molecular complexity index is 1140. The third kappa shape index (κ3) is 5.29. The van der Waals surface area contributed by atoms with E-state index >= 15 is 0 Å². The van der Waals surface area contributed by atoms with E-state index in [1.165, 1.54) is 0 Å². The first-order valence-electron chi connectivity index (χ1n) is 10.5. The fourth-order valence-electron chi connectivity index (χ4n) is 3.73. The summed E-state index contributed by atoms with van der Waals surface area (Å²) in [6.07, 6.45) is 2.84. The lowest BCUT2D eigenvalue weighted by atomic mass is 10.1. The van der Waals surface area contributed by atoms with Crippen molar-refractivity contribution in [3.8, 4) is 17.0 Å².